The summed E-state index contributed by atoms with van der Waals surface area (Å²) in [6.07, 6.45) is -4.73. The molecular weight excluding hydrogens is 323 g/mol. The summed E-state index contributed by atoms with van der Waals surface area (Å²) in [4.78, 5) is 0. The van der Waals surface area contributed by atoms with Gasteiger partial charge in [0.25, 0.3) is 0 Å². The number of nitrogens with one attached hydrogen (secondary N) is 1. The molecule has 1 aliphatic heterocycles. The van der Waals surface area contributed by atoms with Gasteiger partial charge in [0.05, 0.1) is 7.11 Å². The van der Waals surface area contributed by atoms with Gasteiger partial charge in [0.15, 0.2) is 11.5 Å². The van der Waals surface area contributed by atoms with E-state index in [0.717, 1.165) is 13.1 Å². The van der Waals surface area contributed by atoms with Crippen LogP contribution >= 0.6 is 0 Å². The molecule has 0 spiro atoms. The van der Waals surface area contributed by atoms with E-state index in [1.807, 2.05) is 0 Å². The third-order valence-electron chi connectivity index (χ3n) is 3.63. The molecule has 2 aromatic rings. The molecule has 3 rings (SSSR count). The summed E-state index contributed by atoms with van der Waals surface area (Å²) in [5.41, 5.74) is 0.881. The van der Waals surface area contributed by atoms with E-state index in [0.29, 0.717) is 22.6 Å². The zero-order chi connectivity index (χ0) is 17.2. The molecule has 0 radical (unpaired) electrons. The molecule has 0 aromatic heterocycles. The number of hydrogen-bond donors (Lipinski definition) is 1. The Labute approximate surface area is 137 Å². The second kappa shape index (κ2) is 6.60. The molecule has 0 bridgehead atoms. The van der Waals surface area contributed by atoms with Crippen LogP contribution in [0.5, 0.6) is 17.2 Å². The van der Waals surface area contributed by atoms with Crippen LogP contribution in [0.2, 0.25) is 0 Å². The van der Waals surface area contributed by atoms with Crippen LogP contribution in [0.1, 0.15) is 0 Å². The molecule has 0 amide bonds. The molecule has 1 aliphatic rings. The SMILES string of the molecule is COc1ccc(-c2ccccc2OC(F)(F)F)cc1OC1CNC1. The van der Waals surface area contributed by atoms with Crippen LogP contribution in [0, 0.1) is 0 Å². The Morgan fingerprint density at radius 2 is 1.75 bits per heavy atom. The number of para-hydroxylation sites is 1. The molecular formula is C17H16F3NO3. The van der Waals surface area contributed by atoms with Crippen molar-refractivity contribution in [2.75, 3.05) is 20.2 Å². The van der Waals surface area contributed by atoms with Crippen molar-refractivity contribution in [3.63, 3.8) is 0 Å². The van der Waals surface area contributed by atoms with Crippen molar-refractivity contribution in [3.05, 3.63) is 42.5 Å². The van der Waals surface area contributed by atoms with Gasteiger partial charge in [-0.05, 0) is 23.8 Å². The Morgan fingerprint density at radius 1 is 1.00 bits per heavy atom. The molecule has 1 N–H and O–H groups in total. The monoisotopic (exact) mass is 339 g/mol. The summed E-state index contributed by atoms with van der Waals surface area (Å²) in [5.74, 6) is 0.759. The maximum atomic E-state index is 12.6. The maximum Gasteiger partial charge on any atom is 0.573 e. The summed E-state index contributed by atoms with van der Waals surface area (Å²) in [7, 11) is 1.52. The topological polar surface area (TPSA) is 39.7 Å². The zero-order valence-corrected chi connectivity index (χ0v) is 12.9. The van der Waals surface area contributed by atoms with Crippen LogP contribution in [0.3, 0.4) is 0 Å². The first-order valence-electron chi connectivity index (χ1n) is 7.37. The molecule has 0 unspecified atom stereocenters. The summed E-state index contributed by atoms with van der Waals surface area (Å²) < 4.78 is 53.0. The highest BCUT2D eigenvalue weighted by Gasteiger charge is 2.32. The average Bonchev–Trinajstić information content (AvgIpc) is 2.50. The normalized spacial score (nSPS) is 14.8. The van der Waals surface area contributed by atoms with Gasteiger partial charge in [-0.2, -0.15) is 0 Å². The Hall–Kier alpha value is -2.41. The Balaban J connectivity index is 1.95. The van der Waals surface area contributed by atoms with Crippen molar-refractivity contribution in [1.29, 1.82) is 0 Å². The first-order chi connectivity index (χ1) is 11.5. The fourth-order valence-electron chi connectivity index (χ4n) is 2.38. The number of halogens is 3. The van der Waals surface area contributed by atoms with E-state index in [1.54, 1.807) is 30.3 Å². The molecule has 7 heteroatoms. The van der Waals surface area contributed by atoms with Gasteiger partial charge in [-0.3, -0.25) is 0 Å². The second-order valence-corrected chi connectivity index (χ2v) is 5.31. The first kappa shape index (κ1) is 16.4. The minimum absolute atomic E-state index is 0.0239. The summed E-state index contributed by atoms with van der Waals surface area (Å²) in [5, 5.41) is 3.09. The first-order valence-corrected chi connectivity index (χ1v) is 7.37. The lowest BCUT2D eigenvalue weighted by Gasteiger charge is -2.28. The number of alkyl halides is 3. The molecule has 0 aliphatic carbocycles. The standard InChI is InChI=1S/C17H16F3NO3/c1-22-15-7-6-11(8-16(15)23-12-9-21-10-12)13-4-2-3-5-14(13)24-17(18,19)20/h2-8,12,21H,9-10H2,1H3. The van der Waals surface area contributed by atoms with Crippen LogP contribution < -0.4 is 19.5 Å². The Kier molecular flexibility index (Phi) is 4.53. The van der Waals surface area contributed by atoms with Gasteiger partial charge >= 0.3 is 6.36 Å². The third kappa shape index (κ3) is 3.73. The molecule has 2 aromatic carbocycles. The molecule has 128 valence electrons. The van der Waals surface area contributed by atoms with Crippen LogP contribution in [-0.2, 0) is 0 Å². The van der Waals surface area contributed by atoms with Crippen molar-refractivity contribution in [1.82, 2.24) is 5.32 Å². The van der Waals surface area contributed by atoms with Crippen LogP contribution in [0.25, 0.3) is 11.1 Å². The Morgan fingerprint density at radius 3 is 2.38 bits per heavy atom. The Bertz CT molecular complexity index is 714. The molecule has 4 nitrogen and oxygen atoms in total. The highest BCUT2D eigenvalue weighted by Crippen LogP contribution is 2.38. The second-order valence-electron chi connectivity index (χ2n) is 5.31. The average molecular weight is 339 g/mol. The van der Waals surface area contributed by atoms with Crippen molar-refractivity contribution < 1.29 is 27.4 Å². The van der Waals surface area contributed by atoms with Crippen molar-refractivity contribution in [3.8, 4) is 28.4 Å². The third-order valence-corrected chi connectivity index (χ3v) is 3.63. The molecule has 24 heavy (non-hydrogen) atoms. The minimum atomic E-state index is -4.75. The van der Waals surface area contributed by atoms with Gasteiger partial charge in [0.1, 0.15) is 11.9 Å². The fraction of sp³-hybridized carbons (Fsp3) is 0.294. The van der Waals surface area contributed by atoms with Gasteiger partial charge in [0.2, 0.25) is 0 Å². The fourth-order valence-corrected chi connectivity index (χ4v) is 2.38. The largest absolute Gasteiger partial charge is 0.573 e. The van der Waals surface area contributed by atoms with Gasteiger partial charge in [0, 0.05) is 18.7 Å². The lowest BCUT2D eigenvalue weighted by molar-refractivity contribution is -0.274. The zero-order valence-electron chi connectivity index (χ0n) is 12.9. The van der Waals surface area contributed by atoms with E-state index in [2.05, 4.69) is 10.1 Å². The number of methoxy groups -OCH3 is 1. The van der Waals surface area contributed by atoms with Crippen LogP contribution in [0.4, 0.5) is 13.2 Å². The van der Waals surface area contributed by atoms with Gasteiger partial charge < -0.3 is 19.5 Å². The maximum absolute atomic E-state index is 12.6. The predicted octanol–water partition coefficient (Wildman–Crippen LogP) is 3.61. The van der Waals surface area contributed by atoms with Crippen molar-refractivity contribution in [2.24, 2.45) is 0 Å². The van der Waals surface area contributed by atoms with Gasteiger partial charge in [-0.25, -0.2) is 0 Å². The molecule has 0 atom stereocenters. The van der Waals surface area contributed by atoms with Gasteiger partial charge in [-0.1, -0.05) is 24.3 Å². The van der Waals surface area contributed by atoms with E-state index in [9.17, 15) is 13.2 Å². The quantitative estimate of drug-likeness (QED) is 0.903. The predicted molar refractivity (Wildman–Crippen MR) is 82.4 cm³/mol. The lowest BCUT2D eigenvalue weighted by atomic mass is 10.0. The number of benzene rings is 2. The van der Waals surface area contributed by atoms with E-state index >= 15 is 0 Å². The number of hydrogen-bond acceptors (Lipinski definition) is 4. The van der Waals surface area contributed by atoms with E-state index in [-0.39, 0.29) is 11.9 Å². The molecule has 0 saturated carbocycles. The van der Waals surface area contributed by atoms with Crippen molar-refractivity contribution in [2.45, 2.75) is 12.5 Å². The highest BCUT2D eigenvalue weighted by atomic mass is 19.4. The van der Waals surface area contributed by atoms with E-state index < -0.39 is 6.36 Å². The van der Waals surface area contributed by atoms with Gasteiger partial charge in [-0.15, -0.1) is 13.2 Å². The number of ether oxygens (including phenoxy) is 3. The summed E-state index contributed by atoms with van der Waals surface area (Å²) >= 11 is 0. The smallest absolute Gasteiger partial charge is 0.493 e. The molecule has 1 heterocycles. The van der Waals surface area contributed by atoms with E-state index in [4.69, 9.17) is 9.47 Å². The summed E-state index contributed by atoms with van der Waals surface area (Å²) in [6.45, 7) is 1.45. The van der Waals surface area contributed by atoms with E-state index in [1.165, 1.54) is 19.2 Å². The molecule has 1 fully saturated rings. The molecule has 1 saturated heterocycles. The van der Waals surface area contributed by atoms with Crippen LogP contribution in [0.15, 0.2) is 42.5 Å². The van der Waals surface area contributed by atoms with Crippen LogP contribution in [-0.4, -0.2) is 32.7 Å². The highest BCUT2D eigenvalue weighted by molar-refractivity contribution is 5.72. The number of rotatable bonds is 5. The summed E-state index contributed by atoms with van der Waals surface area (Å²) in [6, 6.07) is 11.0. The van der Waals surface area contributed by atoms with Crippen molar-refractivity contribution >= 4 is 0 Å². The minimum Gasteiger partial charge on any atom is -0.493 e. The lowest BCUT2D eigenvalue weighted by Crippen LogP contribution is -2.50.